The van der Waals surface area contributed by atoms with Crippen molar-refractivity contribution in [3.05, 3.63) is 29.8 Å². The van der Waals surface area contributed by atoms with Crippen LogP contribution in [0.3, 0.4) is 0 Å². The zero-order valence-electron chi connectivity index (χ0n) is 8.36. The topological polar surface area (TPSA) is 55.6 Å². The predicted octanol–water partition coefficient (Wildman–Crippen LogP) is 0.706. The fourth-order valence-electron chi connectivity index (χ4n) is 0.960. The van der Waals surface area contributed by atoms with Crippen LogP contribution >= 0.6 is 0 Å². The average Bonchev–Trinajstić information content (AvgIpc) is 2.16. The minimum absolute atomic E-state index is 0.0299. The average molecular weight is 194 g/mol. The van der Waals surface area contributed by atoms with Crippen molar-refractivity contribution >= 4 is 5.91 Å². The first-order valence-electron chi connectivity index (χ1n) is 4.31. The van der Waals surface area contributed by atoms with Gasteiger partial charge in [0, 0.05) is 7.05 Å². The second-order valence-corrected chi connectivity index (χ2v) is 3.06. The van der Waals surface area contributed by atoms with Crippen molar-refractivity contribution in [2.75, 3.05) is 13.7 Å². The second-order valence-electron chi connectivity index (χ2n) is 3.06. The van der Waals surface area contributed by atoms with E-state index in [4.69, 9.17) is 10.6 Å². The van der Waals surface area contributed by atoms with Crippen LogP contribution in [0.5, 0.6) is 5.75 Å². The summed E-state index contributed by atoms with van der Waals surface area (Å²) in [7, 11) is 1.49. The first kappa shape index (κ1) is 10.5. The lowest BCUT2D eigenvalue weighted by atomic mass is 10.2. The van der Waals surface area contributed by atoms with Crippen molar-refractivity contribution in [2.45, 2.75) is 6.92 Å². The molecule has 0 unspecified atom stereocenters. The van der Waals surface area contributed by atoms with Crippen LogP contribution < -0.4 is 10.6 Å². The molecule has 0 aromatic heterocycles. The van der Waals surface area contributed by atoms with Crippen LogP contribution in [0.1, 0.15) is 5.56 Å². The number of para-hydroxylation sites is 1. The zero-order chi connectivity index (χ0) is 10.6. The van der Waals surface area contributed by atoms with Crippen LogP contribution in [0.15, 0.2) is 24.3 Å². The van der Waals surface area contributed by atoms with Crippen LogP contribution in [-0.2, 0) is 4.79 Å². The van der Waals surface area contributed by atoms with Gasteiger partial charge in [0.05, 0.1) is 0 Å². The lowest BCUT2D eigenvalue weighted by Crippen LogP contribution is -2.36. The van der Waals surface area contributed by atoms with Crippen LogP contribution in [0.2, 0.25) is 0 Å². The smallest absolute Gasteiger partial charge is 0.274 e. The molecule has 1 aromatic carbocycles. The van der Waals surface area contributed by atoms with Gasteiger partial charge in [0.2, 0.25) is 0 Å². The van der Waals surface area contributed by atoms with Gasteiger partial charge in [0.15, 0.2) is 6.61 Å². The Kier molecular flexibility index (Phi) is 3.48. The van der Waals surface area contributed by atoms with Gasteiger partial charge in [-0.1, -0.05) is 18.2 Å². The third kappa shape index (κ3) is 2.74. The SMILES string of the molecule is Cc1ccccc1OCC(=O)N(C)N. The Morgan fingerprint density at radius 1 is 1.50 bits per heavy atom. The Balaban J connectivity index is 2.54. The van der Waals surface area contributed by atoms with E-state index in [1.807, 2.05) is 31.2 Å². The van der Waals surface area contributed by atoms with Gasteiger partial charge in [-0.2, -0.15) is 0 Å². The predicted molar refractivity (Wildman–Crippen MR) is 53.6 cm³/mol. The van der Waals surface area contributed by atoms with Crippen molar-refractivity contribution in [1.29, 1.82) is 0 Å². The number of rotatable bonds is 3. The molecule has 76 valence electrons. The summed E-state index contributed by atoms with van der Waals surface area (Å²) in [4.78, 5) is 11.1. The third-order valence-electron chi connectivity index (χ3n) is 1.84. The fraction of sp³-hybridized carbons (Fsp3) is 0.300. The maximum atomic E-state index is 11.1. The number of likely N-dealkylation sites (N-methyl/N-ethyl adjacent to an activating group) is 1. The quantitative estimate of drug-likeness (QED) is 0.438. The summed E-state index contributed by atoms with van der Waals surface area (Å²) in [6.45, 7) is 1.89. The van der Waals surface area contributed by atoms with E-state index in [1.54, 1.807) is 0 Å². The Morgan fingerprint density at radius 2 is 2.14 bits per heavy atom. The molecular formula is C10H14N2O2. The van der Waals surface area contributed by atoms with Crippen LogP contribution in [-0.4, -0.2) is 24.6 Å². The molecule has 0 aliphatic heterocycles. The number of hydrazine groups is 1. The maximum absolute atomic E-state index is 11.1. The molecular weight excluding hydrogens is 180 g/mol. The summed E-state index contributed by atoms with van der Waals surface area (Å²) in [5, 5.41) is 1.01. The van der Waals surface area contributed by atoms with Gasteiger partial charge in [0.25, 0.3) is 5.91 Å². The van der Waals surface area contributed by atoms with Crippen LogP contribution in [0.25, 0.3) is 0 Å². The number of hydrogen-bond acceptors (Lipinski definition) is 3. The summed E-state index contributed by atoms with van der Waals surface area (Å²) < 4.78 is 5.29. The Bertz CT molecular complexity index is 324. The summed E-state index contributed by atoms with van der Waals surface area (Å²) >= 11 is 0. The van der Waals surface area contributed by atoms with E-state index in [1.165, 1.54) is 7.05 Å². The summed E-state index contributed by atoms with van der Waals surface area (Å²) in [5.74, 6) is 5.70. The van der Waals surface area contributed by atoms with Gasteiger partial charge in [0.1, 0.15) is 5.75 Å². The highest BCUT2D eigenvalue weighted by molar-refractivity contribution is 5.76. The summed E-state index contributed by atoms with van der Waals surface area (Å²) in [6, 6.07) is 7.52. The molecule has 1 aromatic rings. The molecule has 2 N–H and O–H groups in total. The molecule has 0 bridgehead atoms. The normalized spacial score (nSPS) is 9.64. The van der Waals surface area contributed by atoms with Gasteiger partial charge in [-0.3, -0.25) is 9.80 Å². The number of ether oxygens (including phenoxy) is 1. The van der Waals surface area contributed by atoms with Gasteiger partial charge in [-0.15, -0.1) is 0 Å². The molecule has 1 rings (SSSR count). The number of aryl methyl sites for hydroxylation is 1. The molecule has 0 heterocycles. The second kappa shape index (κ2) is 4.62. The molecule has 4 nitrogen and oxygen atoms in total. The number of nitrogens with zero attached hydrogens (tertiary/aromatic N) is 1. The molecule has 0 radical (unpaired) electrons. The fourth-order valence-corrected chi connectivity index (χ4v) is 0.960. The van der Waals surface area contributed by atoms with E-state index in [-0.39, 0.29) is 12.5 Å². The lowest BCUT2D eigenvalue weighted by Gasteiger charge is -2.12. The molecule has 1 amide bonds. The van der Waals surface area contributed by atoms with Crippen molar-refractivity contribution < 1.29 is 9.53 Å². The zero-order valence-corrected chi connectivity index (χ0v) is 8.36. The maximum Gasteiger partial charge on any atom is 0.274 e. The van der Waals surface area contributed by atoms with Crippen molar-refractivity contribution in [3.8, 4) is 5.75 Å². The standard InChI is InChI=1S/C10H14N2O2/c1-8-5-3-4-6-9(8)14-7-10(13)12(2)11/h3-6H,7,11H2,1-2H3. The molecule has 14 heavy (non-hydrogen) atoms. The highest BCUT2D eigenvalue weighted by atomic mass is 16.5. The number of carbonyl (C=O) groups excluding carboxylic acids is 1. The van der Waals surface area contributed by atoms with Crippen LogP contribution in [0.4, 0.5) is 0 Å². The van der Waals surface area contributed by atoms with Gasteiger partial charge < -0.3 is 4.74 Å². The summed E-state index contributed by atoms with van der Waals surface area (Å²) in [6.07, 6.45) is 0. The summed E-state index contributed by atoms with van der Waals surface area (Å²) in [5.41, 5.74) is 1.000. The molecule has 4 heteroatoms. The van der Waals surface area contributed by atoms with E-state index in [0.717, 1.165) is 10.6 Å². The van der Waals surface area contributed by atoms with E-state index >= 15 is 0 Å². The van der Waals surface area contributed by atoms with Gasteiger partial charge in [-0.05, 0) is 18.6 Å². The van der Waals surface area contributed by atoms with Crippen LogP contribution in [0, 0.1) is 6.92 Å². The van der Waals surface area contributed by atoms with Gasteiger partial charge >= 0.3 is 0 Å². The third-order valence-corrected chi connectivity index (χ3v) is 1.84. The largest absolute Gasteiger partial charge is 0.483 e. The minimum atomic E-state index is -0.256. The number of nitrogens with two attached hydrogens (primary N) is 1. The Morgan fingerprint density at radius 3 is 2.71 bits per heavy atom. The van der Waals surface area contributed by atoms with Crippen molar-refractivity contribution in [2.24, 2.45) is 5.84 Å². The van der Waals surface area contributed by atoms with E-state index in [0.29, 0.717) is 5.75 Å². The Labute approximate surface area is 83.2 Å². The van der Waals surface area contributed by atoms with E-state index < -0.39 is 0 Å². The highest BCUT2D eigenvalue weighted by Gasteiger charge is 2.05. The first-order valence-corrected chi connectivity index (χ1v) is 4.31. The van der Waals surface area contributed by atoms with Crippen molar-refractivity contribution in [1.82, 2.24) is 5.01 Å². The van der Waals surface area contributed by atoms with Crippen molar-refractivity contribution in [3.63, 3.8) is 0 Å². The molecule has 0 saturated carbocycles. The highest BCUT2D eigenvalue weighted by Crippen LogP contribution is 2.15. The number of amides is 1. The van der Waals surface area contributed by atoms with E-state index in [9.17, 15) is 4.79 Å². The molecule has 0 aliphatic rings. The first-order chi connectivity index (χ1) is 6.61. The van der Waals surface area contributed by atoms with Gasteiger partial charge in [-0.25, -0.2) is 5.84 Å². The molecule has 0 atom stereocenters. The number of hydrogen-bond donors (Lipinski definition) is 1. The van der Waals surface area contributed by atoms with E-state index in [2.05, 4.69) is 0 Å². The Hall–Kier alpha value is -1.55. The molecule has 0 spiro atoms. The molecule has 0 aliphatic carbocycles. The molecule has 0 fully saturated rings. The minimum Gasteiger partial charge on any atom is -0.483 e. The number of benzene rings is 1. The lowest BCUT2D eigenvalue weighted by molar-refractivity contribution is -0.132. The molecule has 0 saturated heterocycles. The number of carbonyl (C=O) groups is 1. The monoisotopic (exact) mass is 194 g/mol.